The average molecular weight is 365 g/mol. The van der Waals surface area contributed by atoms with E-state index in [0.29, 0.717) is 6.54 Å². The van der Waals surface area contributed by atoms with Gasteiger partial charge in [-0.1, -0.05) is 12.1 Å². The molecule has 0 atom stereocenters. The Labute approximate surface area is 150 Å². The SMILES string of the molecule is CN=C(NCCc1ccc2c(c1)CCO2)NCC1(CS(C)(=O)=O)CC1. The summed E-state index contributed by atoms with van der Waals surface area (Å²) in [4.78, 5) is 4.23. The first-order chi connectivity index (χ1) is 11.9. The summed E-state index contributed by atoms with van der Waals surface area (Å²) in [6.45, 7) is 2.21. The molecule has 2 aliphatic rings. The van der Waals surface area contributed by atoms with Crippen LogP contribution in [0.1, 0.15) is 24.0 Å². The second kappa shape index (κ2) is 7.23. The fourth-order valence-corrected chi connectivity index (χ4v) is 4.82. The van der Waals surface area contributed by atoms with Crippen LogP contribution in [0.5, 0.6) is 5.75 Å². The molecule has 1 aliphatic carbocycles. The van der Waals surface area contributed by atoms with Crippen LogP contribution < -0.4 is 15.4 Å². The maximum absolute atomic E-state index is 11.5. The molecule has 7 heteroatoms. The Kier molecular flexibility index (Phi) is 5.22. The number of guanidine groups is 1. The average Bonchev–Trinajstić information content (AvgIpc) is 3.13. The molecule has 0 radical (unpaired) electrons. The number of nitrogens with one attached hydrogen (secondary N) is 2. The van der Waals surface area contributed by atoms with E-state index in [0.717, 1.165) is 50.5 Å². The van der Waals surface area contributed by atoms with Gasteiger partial charge in [-0.05, 0) is 36.5 Å². The van der Waals surface area contributed by atoms with E-state index in [1.54, 1.807) is 7.05 Å². The molecule has 0 saturated heterocycles. The fourth-order valence-electron chi connectivity index (χ4n) is 3.32. The zero-order valence-electron chi connectivity index (χ0n) is 15.0. The Hall–Kier alpha value is -1.76. The van der Waals surface area contributed by atoms with E-state index in [1.165, 1.54) is 17.4 Å². The summed E-state index contributed by atoms with van der Waals surface area (Å²) in [6.07, 6.45) is 5.12. The van der Waals surface area contributed by atoms with Crippen molar-refractivity contribution in [3.8, 4) is 5.75 Å². The summed E-state index contributed by atoms with van der Waals surface area (Å²) in [6, 6.07) is 6.37. The predicted octanol–water partition coefficient (Wildman–Crippen LogP) is 1.15. The van der Waals surface area contributed by atoms with Gasteiger partial charge < -0.3 is 15.4 Å². The number of fused-ring (bicyclic) bond motifs is 1. The number of aliphatic imine (C=N–C) groups is 1. The second-order valence-electron chi connectivity index (χ2n) is 7.21. The van der Waals surface area contributed by atoms with Gasteiger partial charge in [0.25, 0.3) is 0 Å². The molecular formula is C18H27N3O3S. The quantitative estimate of drug-likeness (QED) is 0.560. The number of ether oxygens (including phenoxy) is 1. The third kappa shape index (κ3) is 5.11. The van der Waals surface area contributed by atoms with Crippen LogP contribution in [-0.2, 0) is 22.7 Å². The summed E-state index contributed by atoms with van der Waals surface area (Å²) in [5.74, 6) is 1.99. The highest BCUT2D eigenvalue weighted by atomic mass is 32.2. The monoisotopic (exact) mass is 365 g/mol. The summed E-state index contributed by atoms with van der Waals surface area (Å²) in [7, 11) is -1.21. The maximum Gasteiger partial charge on any atom is 0.191 e. The van der Waals surface area contributed by atoms with Crippen molar-refractivity contribution < 1.29 is 13.2 Å². The van der Waals surface area contributed by atoms with Gasteiger partial charge in [-0.3, -0.25) is 4.99 Å². The van der Waals surface area contributed by atoms with Crippen molar-refractivity contribution in [2.75, 3.05) is 38.8 Å². The lowest BCUT2D eigenvalue weighted by molar-refractivity contribution is 0.357. The van der Waals surface area contributed by atoms with Gasteiger partial charge in [0.2, 0.25) is 0 Å². The van der Waals surface area contributed by atoms with Crippen molar-refractivity contribution in [2.45, 2.75) is 25.7 Å². The molecule has 1 aromatic carbocycles. The van der Waals surface area contributed by atoms with Crippen LogP contribution in [0, 0.1) is 5.41 Å². The molecule has 0 spiro atoms. The number of hydrogen-bond donors (Lipinski definition) is 2. The van der Waals surface area contributed by atoms with Gasteiger partial charge in [0.1, 0.15) is 15.6 Å². The third-order valence-corrected chi connectivity index (χ3v) is 5.98. The number of rotatable bonds is 7. The molecule has 1 aliphatic heterocycles. The standard InChI is InChI=1S/C18H27N3O3S/c1-19-17(21-12-18(7-8-18)13-25(2,22)23)20-9-5-14-3-4-16-15(11-14)6-10-24-16/h3-4,11H,5-10,12-13H2,1-2H3,(H2,19,20,21). The molecule has 1 heterocycles. The van der Waals surface area contributed by atoms with Crippen LogP contribution in [0.15, 0.2) is 23.2 Å². The maximum atomic E-state index is 11.5. The first-order valence-electron chi connectivity index (χ1n) is 8.76. The third-order valence-electron chi connectivity index (χ3n) is 4.84. The minimum atomic E-state index is -2.94. The predicted molar refractivity (Wildman–Crippen MR) is 100 cm³/mol. The normalized spacial score (nSPS) is 18.4. The van der Waals surface area contributed by atoms with Gasteiger partial charge in [0.05, 0.1) is 12.4 Å². The zero-order chi connectivity index (χ0) is 17.9. The Balaban J connectivity index is 1.44. The Morgan fingerprint density at radius 2 is 2.12 bits per heavy atom. The van der Waals surface area contributed by atoms with Crippen LogP contribution in [0.25, 0.3) is 0 Å². The number of sulfone groups is 1. The largest absolute Gasteiger partial charge is 0.493 e. The van der Waals surface area contributed by atoms with E-state index in [-0.39, 0.29) is 11.2 Å². The minimum Gasteiger partial charge on any atom is -0.493 e. The molecule has 0 aromatic heterocycles. The minimum absolute atomic E-state index is 0.106. The summed E-state index contributed by atoms with van der Waals surface area (Å²) in [5, 5.41) is 6.58. The van der Waals surface area contributed by atoms with Crippen LogP contribution in [0.4, 0.5) is 0 Å². The molecule has 0 amide bonds. The van der Waals surface area contributed by atoms with Gasteiger partial charge in [-0.25, -0.2) is 8.42 Å². The lowest BCUT2D eigenvalue weighted by Crippen LogP contribution is -2.42. The molecular weight excluding hydrogens is 338 g/mol. The van der Waals surface area contributed by atoms with Crippen molar-refractivity contribution >= 4 is 15.8 Å². The number of hydrogen-bond acceptors (Lipinski definition) is 4. The van der Waals surface area contributed by atoms with Gasteiger partial charge in [-0.2, -0.15) is 0 Å². The smallest absolute Gasteiger partial charge is 0.191 e. The zero-order valence-corrected chi connectivity index (χ0v) is 15.8. The lowest BCUT2D eigenvalue weighted by Gasteiger charge is -2.18. The highest BCUT2D eigenvalue weighted by molar-refractivity contribution is 7.90. The number of benzene rings is 1. The number of nitrogens with zero attached hydrogens (tertiary/aromatic N) is 1. The van der Waals surface area contributed by atoms with Crippen LogP contribution >= 0.6 is 0 Å². The van der Waals surface area contributed by atoms with Crippen LogP contribution in [0.3, 0.4) is 0 Å². The molecule has 2 N–H and O–H groups in total. The highest BCUT2D eigenvalue weighted by Gasteiger charge is 2.45. The van der Waals surface area contributed by atoms with E-state index >= 15 is 0 Å². The van der Waals surface area contributed by atoms with E-state index in [9.17, 15) is 8.42 Å². The first-order valence-corrected chi connectivity index (χ1v) is 10.8. The molecule has 6 nitrogen and oxygen atoms in total. The fraction of sp³-hybridized carbons (Fsp3) is 0.611. The molecule has 3 rings (SSSR count). The molecule has 1 fully saturated rings. The van der Waals surface area contributed by atoms with Crippen molar-refractivity contribution in [3.63, 3.8) is 0 Å². The van der Waals surface area contributed by atoms with E-state index in [1.807, 2.05) is 6.07 Å². The topological polar surface area (TPSA) is 79.8 Å². The highest BCUT2D eigenvalue weighted by Crippen LogP contribution is 2.45. The van der Waals surface area contributed by atoms with Crippen molar-refractivity contribution in [1.29, 1.82) is 0 Å². The van der Waals surface area contributed by atoms with E-state index in [2.05, 4.69) is 27.8 Å². The summed E-state index contributed by atoms with van der Waals surface area (Å²) >= 11 is 0. The molecule has 25 heavy (non-hydrogen) atoms. The van der Waals surface area contributed by atoms with Crippen molar-refractivity contribution in [3.05, 3.63) is 29.3 Å². The lowest BCUT2D eigenvalue weighted by atomic mass is 10.1. The Morgan fingerprint density at radius 3 is 2.80 bits per heavy atom. The van der Waals surface area contributed by atoms with Gasteiger partial charge in [0.15, 0.2) is 5.96 Å². The molecule has 0 bridgehead atoms. The van der Waals surface area contributed by atoms with Gasteiger partial charge >= 0.3 is 0 Å². The Morgan fingerprint density at radius 1 is 1.32 bits per heavy atom. The molecule has 1 aromatic rings. The van der Waals surface area contributed by atoms with Crippen LogP contribution in [0.2, 0.25) is 0 Å². The van der Waals surface area contributed by atoms with Crippen molar-refractivity contribution in [1.82, 2.24) is 10.6 Å². The first kappa shape index (κ1) is 18.0. The molecule has 1 saturated carbocycles. The summed E-state index contributed by atoms with van der Waals surface area (Å²) in [5.41, 5.74) is 2.46. The van der Waals surface area contributed by atoms with Gasteiger partial charge in [-0.15, -0.1) is 0 Å². The van der Waals surface area contributed by atoms with Gasteiger partial charge in [0, 0.05) is 38.2 Å². The molecule has 0 unspecified atom stereocenters. The molecule has 138 valence electrons. The second-order valence-corrected chi connectivity index (χ2v) is 9.35. The van der Waals surface area contributed by atoms with E-state index < -0.39 is 9.84 Å². The van der Waals surface area contributed by atoms with Crippen LogP contribution in [-0.4, -0.2) is 53.1 Å². The summed E-state index contributed by atoms with van der Waals surface area (Å²) < 4.78 is 28.6. The van der Waals surface area contributed by atoms with Crippen molar-refractivity contribution in [2.24, 2.45) is 10.4 Å². The Bertz CT molecular complexity index is 755. The van der Waals surface area contributed by atoms with E-state index in [4.69, 9.17) is 4.74 Å².